The highest BCUT2D eigenvalue weighted by molar-refractivity contribution is 5.96. The van der Waals surface area contributed by atoms with Crippen LogP contribution < -0.4 is 5.32 Å². The molecule has 4 N–H and O–H groups in total. The van der Waals surface area contributed by atoms with Gasteiger partial charge < -0.3 is 25.5 Å². The molecule has 8 nitrogen and oxygen atoms in total. The molecule has 3 fully saturated rings. The maximum Gasteiger partial charge on any atom is 0.328 e. The van der Waals surface area contributed by atoms with Crippen LogP contribution in [-0.2, 0) is 14.4 Å². The van der Waals surface area contributed by atoms with E-state index >= 15 is 0 Å². The van der Waals surface area contributed by atoms with Crippen molar-refractivity contribution in [2.24, 2.45) is 33.7 Å². The highest BCUT2D eigenvalue weighted by atomic mass is 16.6. The number of terminal acetylenes is 1. The van der Waals surface area contributed by atoms with Gasteiger partial charge in [-0.3, -0.25) is 4.79 Å². The van der Waals surface area contributed by atoms with Crippen molar-refractivity contribution < 1.29 is 29.7 Å². The summed E-state index contributed by atoms with van der Waals surface area (Å²) in [5, 5.41) is 36.1. The number of nitrogens with one attached hydrogen (secondary N) is 1. The Morgan fingerprint density at radius 2 is 1.94 bits per heavy atom. The van der Waals surface area contributed by atoms with E-state index in [-0.39, 0.29) is 10.8 Å². The lowest BCUT2D eigenvalue weighted by molar-refractivity contribution is -0.145. The van der Waals surface area contributed by atoms with Crippen LogP contribution in [0.2, 0.25) is 0 Å². The molecule has 0 aromatic carbocycles. The molecule has 0 radical (unpaired) electrons. The molecule has 0 saturated heterocycles. The molecule has 0 spiro atoms. The van der Waals surface area contributed by atoms with Crippen molar-refractivity contribution in [1.82, 2.24) is 5.32 Å². The summed E-state index contributed by atoms with van der Waals surface area (Å²) >= 11 is 0. The van der Waals surface area contributed by atoms with Gasteiger partial charge in [0.25, 0.3) is 5.91 Å². The second-order valence-electron chi connectivity index (χ2n) is 11.5. The molecule has 4 aliphatic carbocycles. The maximum atomic E-state index is 12.0. The van der Waals surface area contributed by atoms with E-state index in [2.05, 4.69) is 36.3 Å². The fourth-order valence-corrected chi connectivity index (χ4v) is 7.67. The summed E-state index contributed by atoms with van der Waals surface area (Å²) < 4.78 is 0. The van der Waals surface area contributed by atoms with Crippen molar-refractivity contribution in [1.29, 1.82) is 0 Å². The molecule has 192 valence electrons. The van der Waals surface area contributed by atoms with Crippen molar-refractivity contribution in [3.8, 4) is 12.3 Å². The van der Waals surface area contributed by atoms with E-state index in [1.54, 1.807) is 0 Å². The molecule has 4 aliphatic rings. The van der Waals surface area contributed by atoms with Crippen LogP contribution in [0.25, 0.3) is 0 Å². The van der Waals surface area contributed by atoms with Crippen molar-refractivity contribution in [3.05, 3.63) is 11.6 Å². The fraction of sp³-hybridized carbons (Fsp3) is 0.741. The highest BCUT2D eigenvalue weighted by Gasteiger charge is 2.63. The van der Waals surface area contributed by atoms with Crippen LogP contribution in [-0.4, -0.2) is 57.3 Å². The smallest absolute Gasteiger partial charge is 0.328 e. The number of carboxylic acids is 1. The Labute approximate surface area is 207 Å². The molecule has 0 aromatic rings. The summed E-state index contributed by atoms with van der Waals surface area (Å²) in [7, 11) is 0. The number of aliphatic hydroxyl groups is 2. The normalized spacial score (nSPS) is 40.9. The van der Waals surface area contributed by atoms with Crippen LogP contribution in [0.5, 0.6) is 0 Å². The van der Waals surface area contributed by atoms with Gasteiger partial charge in [0.1, 0.15) is 5.60 Å². The minimum Gasteiger partial charge on any atom is -0.480 e. The Morgan fingerprint density at radius 3 is 2.60 bits per heavy atom. The van der Waals surface area contributed by atoms with Gasteiger partial charge in [0.2, 0.25) is 0 Å². The first-order valence-corrected chi connectivity index (χ1v) is 12.8. The Morgan fingerprint density at radius 1 is 1.23 bits per heavy atom. The first-order chi connectivity index (χ1) is 16.4. The number of fused-ring (bicyclic) bond motifs is 5. The van der Waals surface area contributed by atoms with E-state index < -0.39 is 36.2 Å². The van der Waals surface area contributed by atoms with Gasteiger partial charge >= 0.3 is 5.97 Å². The zero-order valence-electron chi connectivity index (χ0n) is 20.9. The summed E-state index contributed by atoms with van der Waals surface area (Å²) in [4.78, 5) is 28.3. The molecule has 0 aromatic heterocycles. The minimum atomic E-state index is -1.39. The average molecular weight is 487 g/mol. The first kappa shape index (κ1) is 25.7. The largest absolute Gasteiger partial charge is 0.480 e. The number of aliphatic carboxylic acids is 1. The summed E-state index contributed by atoms with van der Waals surface area (Å²) in [5.74, 6) is 2.36. The maximum absolute atomic E-state index is 12.0. The van der Waals surface area contributed by atoms with Crippen LogP contribution in [0, 0.1) is 40.9 Å². The highest BCUT2D eigenvalue weighted by Crippen LogP contribution is 2.67. The topological polar surface area (TPSA) is 128 Å². The van der Waals surface area contributed by atoms with Gasteiger partial charge in [0.05, 0.1) is 11.8 Å². The molecule has 0 bridgehead atoms. The van der Waals surface area contributed by atoms with Gasteiger partial charge in [0, 0.05) is 5.41 Å². The molecular weight excluding hydrogens is 448 g/mol. The second-order valence-corrected chi connectivity index (χ2v) is 11.5. The SMILES string of the molecule is C#CC1(O)CCC2C3CCC4=CC(=NOCC(=O)NC(C(=O)O)C(C)O)CCC4(C)C3CCC21C. The molecule has 3 saturated carbocycles. The zero-order chi connectivity index (χ0) is 25.6. The van der Waals surface area contributed by atoms with Crippen molar-refractivity contribution in [2.75, 3.05) is 6.61 Å². The van der Waals surface area contributed by atoms with E-state index in [1.807, 2.05) is 0 Å². The van der Waals surface area contributed by atoms with Crippen LogP contribution >= 0.6 is 0 Å². The lowest BCUT2D eigenvalue weighted by Crippen LogP contribution is -2.54. The monoisotopic (exact) mass is 486 g/mol. The van der Waals surface area contributed by atoms with E-state index in [0.717, 1.165) is 50.7 Å². The van der Waals surface area contributed by atoms with Crippen molar-refractivity contribution in [2.45, 2.75) is 89.9 Å². The molecule has 8 heteroatoms. The summed E-state index contributed by atoms with van der Waals surface area (Å²) in [6.45, 7) is 5.46. The molecular formula is C27H38N2O6. The lowest BCUT2D eigenvalue weighted by Gasteiger charge is -2.58. The number of hydrogen-bond donors (Lipinski definition) is 4. The minimum absolute atomic E-state index is 0.0868. The third kappa shape index (κ3) is 4.27. The third-order valence-corrected chi connectivity index (χ3v) is 9.81. The summed E-state index contributed by atoms with van der Waals surface area (Å²) in [6, 6.07) is -1.39. The molecule has 1 amide bonds. The molecule has 8 atom stereocenters. The second kappa shape index (κ2) is 9.25. The Balaban J connectivity index is 1.41. The summed E-state index contributed by atoms with van der Waals surface area (Å²) in [6.07, 6.45) is 14.1. The van der Waals surface area contributed by atoms with Crippen LogP contribution in [0.15, 0.2) is 16.8 Å². The lowest BCUT2D eigenvalue weighted by atomic mass is 9.46. The van der Waals surface area contributed by atoms with Crippen LogP contribution in [0.3, 0.4) is 0 Å². The molecule has 0 heterocycles. The van der Waals surface area contributed by atoms with Gasteiger partial charge in [-0.25, -0.2) is 4.79 Å². The van der Waals surface area contributed by atoms with Crippen LogP contribution in [0.1, 0.15) is 72.1 Å². The van der Waals surface area contributed by atoms with Gasteiger partial charge in [-0.1, -0.05) is 30.5 Å². The fourth-order valence-electron chi connectivity index (χ4n) is 7.67. The number of nitrogens with zero attached hydrogens (tertiary/aromatic N) is 1. The molecule has 8 unspecified atom stereocenters. The van der Waals surface area contributed by atoms with E-state index in [1.165, 1.54) is 12.5 Å². The van der Waals surface area contributed by atoms with E-state index in [0.29, 0.717) is 24.2 Å². The Hall–Kier alpha value is -2.37. The number of carboxylic acid groups (broad SMARTS) is 1. The number of rotatable bonds is 6. The number of carbonyl (C=O) groups excluding carboxylic acids is 1. The van der Waals surface area contributed by atoms with Crippen molar-refractivity contribution in [3.63, 3.8) is 0 Å². The Kier molecular flexibility index (Phi) is 6.80. The number of allylic oxidation sites excluding steroid dienone is 2. The average Bonchev–Trinajstić information content (AvgIpc) is 3.08. The molecule has 0 aliphatic heterocycles. The third-order valence-electron chi connectivity index (χ3n) is 9.81. The van der Waals surface area contributed by atoms with Gasteiger partial charge in [-0.15, -0.1) is 6.42 Å². The van der Waals surface area contributed by atoms with Crippen molar-refractivity contribution >= 4 is 17.6 Å². The molecule has 35 heavy (non-hydrogen) atoms. The van der Waals surface area contributed by atoms with Gasteiger partial charge in [0.15, 0.2) is 12.6 Å². The van der Waals surface area contributed by atoms with E-state index in [4.69, 9.17) is 16.4 Å². The summed E-state index contributed by atoms with van der Waals surface area (Å²) in [5.41, 5.74) is 1.06. The number of oxime groups is 1. The van der Waals surface area contributed by atoms with E-state index in [9.17, 15) is 19.8 Å². The van der Waals surface area contributed by atoms with Gasteiger partial charge in [-0.2, -0.15) is 0 Å². The molecule has 4 rings (SSSR count). The predicted octanol–water partition coefficient (Wildman–Crippen LogP) is 2.64. The number of hydrogen-bond acceptors (Lipinski definition) is 6. The number of amides is 1. The quantitative estimate of drug-likeness (QED) is 0.338. The number of carbonyl (C=O) groups is 2. The van der Waals surface area contributed by atoms with Crippen LogP contribution in [0.4, 0.5) is 0 Å². The number of aliphatic hydroxyl groups excluding tert-OH is 1. The standard InChI is InChI=1S/C27H38N2O6/c1-5-27(34)13-10-21-19-7-6-17-14-18(8-11-25(17,3)20(19)9-12-26(21,27)4)29-35-15-22(31)28-23(16(2)30)24(32)33/h1,14,16,19-21,23,30,34H,6-13,15H2,2-4H3,(H,28,31)(H,32,33). The Bertz CT molecular complexity index is 983. The van der Waals surface area contributed by atoms with Gasteiger partial charge in [-0.05, 0) is 87.5 Å². The zero-order valence-corrected chi connectivity index (χ0v) is 20.9. The first-order valence-electron chi connectivity index (χ1n) is 12.8. The predicted molar refractivity (Wildman–Crippen MR) is 130 cm³/mol.